The van der Waals surface area contributed by atoms with E-state index in [1.807, 2.05) is 30.3 Å². The number of amides is 2. The van der Waals surface area contributed by atoms with Gasteiger partial charge in [0.25, 0.3) is 5.91 Å². The summed E-state index contributed by atoms with van der Waals surface area (Å²) in [6, 6.07) is 9.32. The summed E-state index contributed by atoms with van der Waals surface area (Å²) < 4.78 is 11.1. The van der Waals surface area contributed by atoms with E-state index in [0.717, 1.165) is 5.56 Å². The zero-order valence-corrected chi connectivity index (χ0v) is 15.4. The zero-order chi connectivity index (χ0) is 20.1. The number of hydrogen-bond acceptors (Lipinski definition) is 5. The molecule has 7 nitrogen and oxygen atoms in total. The van der Waals surface area contributed by atoms with Crippen molar-refractivity contribution < 1.29 is 23.9 Å². The molecule has 1 fully saturated rings. The van der Waals surface area contributed by atoms with E-state index < -0.39 is 11.4 Å². The minimum atomic E-state index is -0.754. The predicted molar refractivity (Wildman–Crippen MR) is 101 cm³/mol. The van der Waals surface area contributed by atoms with Gasteiger partial charge >= 0.3 is 0 Å². The third kappa shape index (κ3) is 3.89. The van der Waals surface area contributed by atoms with Gasteiger partial charge in [-0.3, -0.25) is 9.59 Å². The number of carbonyl (C=O) groups excluding carboxylic acids is 3. The van der Waals surface area contributed by atoms with Crippen LogP contribution in [-0.4, -0.2) is 41.3 Å². The van der Waals surface area contributed by atoms with Crippen molar-refractivity contribution in [2.45, 2.75) is 19.1 Å². The molecule has 0 radical (unpaired) electrons. The van der Waals surface area contributed by atoms with Crippen molar-refractivity contribution in [2.75, 3.05) is 13.1 Å². The van der Waals surface area contributed by atoms with Crippen LogP contribution in [0.25, 0.3) is 0 Å². The molecule has 0 unspecified atom stereocenters. The van der Waals surface area contributed by atoms with E-state index in [2.05, 4.69) is 11.9 Å². The minimum Gasteiger partial charge on any atom is -0.483 e. The second kappa shape index (κ2) is 7.98. The lowest BCUT2D eigenvalue weighted by Gasteiger charge is -2.48. The molecule has 2 aliphatic rings. The van der Waals surface area contributed by atoms with Crippen molar-refractivity contribution in [1.29, 1.82) is 0 Å². The fourth-order valence-corrected chi connectivity index (χ4v) is 2.93. The molecule has 0 aliphatic carbocycles. The Kier molecular flexibility index (Phi) is 5.47. The molecule has 144 valence electrons. The van der Waals surface area contributed by atoms with E-state index in [1.165, 1.54) is 19.3 Å². The fraction of sp³-hybridized carbons (Fsp3) is 0.238. The molecule has 0 bridgehead atoms. The standard InChI is InChI=1S/C21H20N2O5/c1-3-21(13-23(14-21)15(2)25)22-20(26)19-18(17(11-24)9-10-27-19)28-12-16-7-5-4-6-8-16/h3-10H,1,12-14H2,2H3,(H,22,26). The summed E-state index contributed by atoms with van der Waals surface area (Å²) in [5.74, 6) is 0.992. The Morgan fingerprint density at radius 2 is 2.07 bits per heavy atom. The van der Waals surface area contributed by atoms with Gasteiger partial charge in [-0.1, -0.05) is 36.4 Å². The maximum atomic E-state index is 12.8. The van der Waals surface area contributed by atoms with Crippen molar-refractivity contribution >= 4 is 17.8 Å². The highest BCUT2D eigenvalue weighted by atomic mass is 16.5. The average Bonchev–Trinajstić information content (AvgIpc) is 2.68. The molecule has 2 amide bonds. The summed E-state index contributed by atoms with van der Waals surface area (Å²) in [6.45, 7) is 6.00. The Bertz CT molecular complexity index is 904. The summed E-state index contributed by atoms with van der Waals surface area (Å²) >= 11 is 0. The summed E-state index contributed by atoms with van der Waals surface area (Å²) in [4.78, 5) is 37.1. The van der Waals surface area contributed by atoms with Crippen LogP contribution < -0.4 is 5.32 Å². The van der Waals surface area contributed by atoms with Crippen LogP contribution in [0.4, 0.5) is 0 Å². The molecule has 7 heteroatoms. The highest BCUT2D eigenvalue weighted by Crippen LogP contribution is 2.27. The first-order valence-electron chi connectivity index (χ1n) is 8.69. The number of nitrogens with zero attached hydrogens (tertiary/aromatic N) is 1. The SMILES string of the molecule is C=CC1(NC(=O)C2=C(OCc3ccccc3)C(=C=O)C=CO2)CN(C(C)=O)C1. The van der Waals surface area contributed by atoms with Crippen LogP contribution in [0, 0.1) is 0 Å². The molecule has 28 heavy (non-hydrogen) atoms. The third-order valence-electron chi connectivity index (χ3n) is 4.56. The van der Waals surface area contributed by atoms with Crippen molar-refractivity contribution in [3.8, 4) is 0 Å². The maximum absolute atomic E-state index is 12.8. The van der Waals surface area contributed by atoms with Crippen molar-refractivity contribution in [3.63, 3.8) is 0 Å². The second-order valence-corrected chi connectivity index (χ2v) is 6.56. The Morgan fingerprint density at radius 3 is 2.68 bits per heavy atom. The van der Waals surface area contributed by atoms with Crippen LogP contribution in [-0.2, 0) is 30.5 Å². The van der Waals surface area contributed by atoms with E-state index >= 15 is 0 Å². The predicted octanol–water partition coefficient (Wildman–Crippen LogP) is 1.62. The summed E-state index contributed by atoms with van der Waals surface area (Å²) in [7, 11) is 0. The van der Waals surface area contributed by atoms with Gasteiger partial charge in [0.05, 0.1) is 11.8 Å². The maximum Gasteiger partial charge on any atom is 0.291 e. The molecule has 0 saturated carbocycles. The first-order chi connectivity index (χ1) is 13.5. The first-order valence-corrected chi connectivity index (χ1v) is 8.69. The Labute approximate surface area is 162 Å². The van der Waals surface area contributed by atoms with Crippen LogP contribution >= 0.6 is 0 Å². The summed E-state index contributed by atoms with van der Waals surface area (Å²) in [5.41, 5.74) is 0.197. The van der Waals surface area contributed by atoms with E-state index in [-0.39, 0.29) is 29.6 Å². The number of likely N-dealkylation sites (tertiary alicyclic amines) is 1. The smallest absolute Gasteiger partial charge is 0.291 e. The van der Waals surface area contributed by atoms with E-state index in [0.29, 0.717) is 13.1 Å². The zero-order valence-electron chi connectivity index (χ0n) is 15.4. The van der Waals surface area contributed by atoms with Gasteiger partial charge < -0.3 is 19.7 Å². The van der Waals surface area contributed by atoms with Gasteiger partial charge in [0.1, 0.15) is 18.1 Å². The number of rotatable bonds is 6. The minimum absolute atomic E-state index is 0.0146. The van der Waals surface area contributed by atoms with Crippen molar-refractivity contribution in [2.24, 2.45) is 0 Å². The van der Waals surface area contributed by atoms with Gasteiger partial charge in [-0.25, -0.2) is 4.79 Å². The highest BCUT2D eigenvalue weighted by Gasteiger charge is 2.44. The van der Waals surface area contributed by atoms with Gasteiger partial charge in [-0.05, 0) is 11.6 Å². The summed E-state index contributed by atoms with van der Waals surface area (Å²) in [6.07, 6.45) is 4.20. The number of nitrogens with one attached hydrogen (secondary N) is 1. The number of benzene rings is 1. The van der Waals surface area contributed by atoms with E-state index in [9.17, 15) is 14.4 Å². The molecule has 2 aliphatic heterocycles. The van der Waals surface area contributed by atoms with Crippen LogP contribution in [0.2, 0.25) is 0 Å². The van der Waals surface area contributed by atoms with E-state index in [4.69, 9.17) is 9.47 Å². The van der Waals surface area contributed by atoms with Gasteiger partial charge in [0.15, 0.2) is 5.76 Å². The average molecular weight is 380 g/mol. The molecule has 2 heterocycles. The molecular formula is C21H20N2O5. The quantitative estimate of drug-likeness (QED) is 0.599. The lowest BCUT2D eigenvalue weighted by molar-refractivity contribution is -0.138. The van der Waals surface area contributed by atoms with Crippen molar-refractivity contribution in [3.05, 3.63) is 78.0 Å². The Balaban J connectivity index is 1.80. The van der Waals surface area contributed by atoms with Crippen LogP contribution in [0.3, 0.4) is 0 Å². The largest absolute Gasteiger partial charge is 0.483 e. The number of ether oxygens (including phenoxy) is 2. The molecule has 1 saturated heterocycles. The summed E-state index contributed by atoms with van der Waals surface area (Å²) in [5, 5.41) is 2.82. The molecular weight excluding hydrogens is 360 g/mol. The second-order valence-electron chi connectivity index (χ2n) is 6.56. The monoisotopic (exact) mass is 380 g/mol. The molecule has 1 aromatic rings. The van der Waals surface area contributed by atoms with Crippen LogP contribution in [0.15, 0.2) is 72.4 Å². The van der Waals surface area contributed by atoms with Crippen molar-refractivity contribution in [1.82, 2.24) is 10.2 Å². The van der Waals surface area contributed by atoms with Gasteiger partial charge in [-0.15, -0.1) is 6.58 Å². The Morgan fingerprint density at radius 1 is 1.36 bits per heavy atom. The first kappa shape index (κ1) is 19.2. The molecule has 1 N–H and O–H groups in total. The molecule has 0 atom stereocenters. The van der Waals surface area contributed by atoms with Gasteiger partial charge in [0.2, 0.25) is 11.7 Å². The lowest BCUT2D eigenvalue weighted by atomic mass is 9.89. The molecule has 3 rings (SSSR count). The number of carbonyl (C=O) groups is 2. The van der Waals surface area contributed by atoms with E-state index in [1.54, 1.807) is 16.9 Å². The van der Waals surface area contributed by atoms with Crippen LogP contribution in [0.1, 0.15) is 12.5 Å². The number of allylic oxidation sites excluding steroid dienone is 1. The molecule has 1 aromatic carbocycles. The lowest BCUT2D eigenvalue weighted by Crippen LogP contribution is -2.70. The molecule has 0 spiro atoms. The normalized spacial score (nSPS) is 17.2. The van der Waals surface area contributed by atoms with Gasteiger partial charge in [0, 0.05) is 20.0 Å². The topological polar surface area (TPSA) is 84.9 Å². The number of hydrogen-bond donors (Lipinski definition) is 1. The van der Waals surface area contributed by atoms with Crippen LogP contribution in [0.5, 0.6) is 0 Å². The fourth-order valence-electron chi connectivity index (χ4n) is 2.93. The molecule has 0 aromatic heterocycles. The Hall–Kier alpha value is -3.57. The highest BCUT2D eigenvalue weighted by molar-refractivity contribution is 5.95. The van der Waals surface area contributed by atoms with Gasteiger partial charge in [-0.2, -0.15) is 0 Å². The third-order valence-corrected chi connectivity index (χ3v) is 4.56.